The molecule has 0 rings (SSSR count). The van der Waals surface area contributed by atoms with Gasteiger partial charge in [-0.05, 0) is 11.8 Å². The highest BCUT2D eigenvalue weighted by Gasteiger charge is 2.13. The molecule has 2 heteroatoms. The number of carbonyl (C=O) groups is 1. The number of rotatable bonds is 2. The van der Waals surface area contributed by atoms with Gasteiger partial charge in [0.05, 0.1) is 0 Å². The maximum absolute atomic E-state index is 11.1. The average Bonchev–Trinajstić information content (AvgIpc) is 1.80. The molecule has 0 fully saturated rings. The highest BCUT2D eigenvalue weighted by molar-refractivity contribution is 5.75. The molecule has 0 aromatic carbocycles. The molecule has 0 radical (unpaired) electrons. The van der Waals surface area contributed by atoms with Crippen LogP contribution in [-0.2, 0) is 4.79 Å². The minimum atomic E-state index is 0. The van der Waals surface area contributed by atoms with Crippen molar-refractivity contribution in [3.63, 3.8) is 0 Å². The molecular formula is C10H23NO. The fourth-order valence-corrected chi connectivity index (χ4v) is 0.706. The first kappa shape index (κ1) is 14.0. The molecule has 0 unspecified atom stereocenters. The van der Waals surface area contributed by atoms with Crippen molar-refractivity contribution >= 4 is 5.91 Å². The van der Waals surface area contributed by atoms with E-state index in [1.54, 1.807) is 19.0 Å². The van der Waals surface area contributed by atoms with E-state index in [4.69, 9.17) is 0 Å². The Kier molecular flexibility index (Phi) is 6.05. The lowest BCUT2D eigenvalue weighted by molar-refractivity contribution is -0.129. The molecule has 0 atom stereocenters. The molecule has 0 heterocycles. The quantitative estimate of drug-likeness (QED) is 0.628. The monoisotopic (exact) mass is 173 g/mol. The SMILES string of the molecule is C.CN(C)C(=O)CCC(C)(C)C. The molecule has 0 bridgehead atoms. The van der Waals surface area contributed by atoms with Crippen LogP contribution in [0.2, 0.25) is 0 Å². The van der Waals surface area contributed by atoms with E-state index in [1.165, 1.54) is 0 Å². The molecule has 0 saturated carbocycles. The highest BCUT2D eigenvalue weighted by atomic mass is 16.2. The Morgan fingerprint density at radius 2 is 1.67 bits per heavy atom. The van der Waals surface area contributed by atoms with Crippen molar-refractivity contribution in [2.24, 2.45) is 5.41 Å². The second-order valence-electron chi connectivity index (χ2n) is 4.35. The van der Waals surface area contributed by atoms with Gasteiger partial charge in [-0.25, -0.2) is 0 Å². The summed E-state index contributed by atoms with van der Waals surface area (Å²) in [6, 6.07) is 0. The van der Waals surface area contributed by atoms with Crippen LogP contribution >= 0.6 is 0 Å². The van der Waals surface area contributed by atoms with Crippen molar-refractivity contribution in [2.45, 2.75) is 41.0 Å². The van der Waals surface area contributed by atoms with Crippen molar-refractivity contribution in [3.05, 3.63) is 0 Å². The number of hydrogen-bond acceptors (Lipinski definition) is 1. The van der Waals surface area contributed by atoms with Crippen LogP contribution in [0, 0.1) is 5.41 Å². The summed E-state index contributed by atoms with van der Waals surface area (Å²) in [5, 5.41) is 0. The first-order valence-electron chi connectivity index (χ1n) is 4.03. The number of amides is 1. The summed E-state index contributed by atoms with van der Waals surface area (Å²) in [4.78, 5) is 12.8. The van der Waals surface area contributed by atoms with E-state index in [0.29, 0.717) is 6.42 Å². The summed E-state index contributed by atoms with van der Waals surface area (Å²) in [6.07, 6.45) is 1.63. The van der Waals surface area contributed by atoms with Crippen molar-refractivity contribution in [1.29, 1.82) is 0 Å². The average molecular weight is 173 g/mol. The van der Waals surface area contributed by atoms with Crippen LogP contribution in [0.25, 0.3) is 0 Å². The Morgan fingerprint density at radius 3 is 1.92 bits per heavy atom. The summed E-state index contributed by atoms with van der Waals surface area (Å²) in [5.41, 5.74) is 0.270. The van der Waals surface area contributed by atoms with E-state index in [0.717, 1.165) is 6.42 Å². The topological polar surface area (TPSA) is 20.3 Å². The summed E-state index contributed by atoms with van der Waals surface area (Å²) >= 11 is 0. The molecule has 1 amide bonds. The standard InChI is InChI=1S/C9H19NO.CH4/c1-9(2,3)7-6-8(11)10(4)5;/h6-7H2,1-5H3;1H4. The van der Waals surface area contributed by atoms with E-state index < -0.39 is 0 Å². The van der Waals surface area contributed by atoms with E-state index >= 15 is 0 Å². The van der Waals surface area contributed by atoms with Crippen LogP contribution in [0.15, 0.2) is 0 Å². The third-order valence-corrected chi connectivity index (χ3v) is 1.59. The van der Waals surface area contributed by atoms with Crippen molar-refractivity contribution in [2.75, 3.05) is 14.1 Å². The molecule has 0 aliphatic carbocycles. The molecule has 2 nitrogen and oxygen atoms in total. The first-order chi connectivity index (χ1) is 4.83. The van der Waals surface area contributed by atoms with Gasteiger partial charge in [0, 0.05) is 20.5 Å². The Morgan fingerprint density at radius 1 is 1.25 bits per heavy atom. The lowest BCUT2D eigenvalue weighted by atomic mass is 9.90. The van der Waals surface area contributed by atoms with Crippen molar-refractivity contribution < 1.29 is 4.79 Å². The zero-order valence-electron chi connectivity index (χ0n) is 8.27. The van der Waals surface area contributed by atoms with Crippen LogP contribution in [-0.4, -0.2) is 24.9 Å². The zero-order valence-corrected chi connectivity index (χ0v) is 8.27. The second kappa shape index (κ2) is 5.18. The Balaban J connectivity index is 0. The van der Waals surface area contributed by atoms with Gasteiger partial charge >= 0.3 is 0 Å². The van der Waals surface area contributed by atoms with Crippen LogP contribution in [0.5, 0.6) is 0 Å². The molecule has 0 aromatic heterocycles. The van der Waals surface area contributed by atoms with E-state index in [9.17, 15) is 4.79 Å². The van der Waals surface area contributed by atoms with Gasteiger partial charge in [-0.2, -0.15) is 0 Å². The van der Waals surface area contributed by atoms with Gasteiger partial charge in [0.15, 0.2) is 0 Å². The molecule has 74 valence electrons. The minimum absolute atomic E-state index is 0. The van der Waals surface area contributed by atoms with Gasteiger partial charge in [0.2, 0.25) is 5.91 Å². The molecule has 0 saturated heterocycles. The summed E-state index contributed by atoms with van der Waals surface area (Å²) in [6.45, 7) is 6.45. The van der Waals surface area contributed by atoms with E-state index in [-0.39, 0.29) is 18.7 Å². The van der Waals surface area contributed by atoms with Crippen LogP contribution in [0.1, 0.15) is 41.0 Å². The predicted octanol–water partition coefficient (Wildman–Crippen LogP) is 2.54. The third-order valence-electron chi connectivity index (χ3n) is 1.59. The lowest BCUT2D eigenvalue weighted by Crippen LogP contribution is -2.22. The van der Waals surface area contributed by atoms with Gasteiger partial charge in [0.1, 0.15) is 0 Å². The van der Waals surface area contributed by atoms with Gasteiger partial charge in [-0.1, -0.05) is 28.2 Å². The van der Waals surface area contributed by atoms with Crippen LogP contribution in [0.3, 0.4) is 0 Å². The maximum Gasteiger partial charge on any atom is 0.222 e. The number of carbonyl (C=O) groups excluding carboxylic acids is 1. The predicted molar refractivity (Wildman–Crippen MR) is 54.1 cm³/mol. The van der Waals surface area contributed by atoms with Gasteiger partial charge in [-0.15, -0.1) is 0 Å². The normalized spacial score (nSPS) is 10.4. The van der Waals surface area contributed by atoms with Crippen LogP contribution < -0.4 is 0 Å². The Hall–Kier alpha value is -0.530. The maximum atomic E-state index is 11.1. The molecule has 12 heavy (non-hydrogen) atoms. The summed E-state index contributed by atoms with van der Waals surface area (Å²) < 4.78 is 0. The minimum Gasteiger partial charge on any atom is -0.349 e. The summed E-state index contributed by atoms with van der Waals surface area (Å²) in [5.74, 6) is 0.222. The van der Waals surface area contributed by atoms with E-state index in [2.05, 4.69) is 20.8 Å². The van der Waals surface area contributed by atoms with Crippen LogP contribution in [0.4, 0.5) is 0 Å². The van der Waals surface area contributed by atoms with Gasteiger partial charge in [-0.3, -0.25) is 4.79 Å². The third kappa shape index (κ3) is 7.58. The van der Waals surface area contributed by atoms with E-state index in [1.807, 2.05) is 0 Å². The van der Waals surface area contributed by atoms with Gasteiger partial charge in [0.25, 0.3) is 0 Å². The molecule has 0 spiro atoms. The number of nitrogens with zero attached hydrogens (tertiary/aromatic N) is 1. The zero-order chi connectivity index (χ0) is 9.07. The molecule has 0 aromatic rings. The first-order valence-corrected chi connectivity index (χ1v) is 4.03. The molecular weight excluding hydrogens is 150 g/mol. The largest absolute Gasteiger partial charge is 0.349 e. The highest BCUT2D eigenvalue weighted by Crippen LogP contribution is 2.20. The fourth-order valence-electron chi connectivity index (χ4n) is 0.706. The Labute approximate surface area is 77.0 Å². The second-order valence-corrected chi connectivity index (χ2v) is 4.35. The fraction of sp³-hybridized carbons (Fsp3) is 0.900. The van der Waals surface area contributed by atoms with Crippen molar-refractivity contribution in [3.8, 4) is 0 Å². The summed E-state index contributed by atoms with van der Waals surface area (Å²) in [7, 11) is 3.59. The van der Waals surface area contributed by atoms with Gasteiger partial charge < -0.3 is 4.90 Å². The lowest BCUT2D eigenvalue weighted by Gasteiger charge is -2.18. The van der Waals surface area contributed by atoms with Crippen molar-refractivity contribution in [1.82, 2.24) is 4.90 Å². The Bertz CT molecular complexity index is 133. The molecule has 0 aliphatic rings. The molecule has 0 N–H and O–H groups in total. The smallest absolute Gasteiger partial charge is 0.222 e. The molecule has 0 aliphatic heterocycles. The number of hydrogen-bond donors (Lipinski definition) is 0.